The van der Waals surface area contributed by atoms with Gasteiger partial charge < -0.3 is 10.6 Å². The average molecular weight is 288 g/mol. The molecule has 0 aromatic heterocycles. The van der Waals surface area contributed by atoms with Crippen LogP contribution < -0.4 is 10.6 Å². The van der Waals surface area contributed by atoms with Crippen molar-refractivity contribution in [3.63, 3.8) is 0 Å². The van der Waals surface area contributed by atoms with Crippen LogP contribution in [0, 0.1) is 13.8 Å². The molecule has 0 saturated carbocycles. The molecule has 0 spiro atoms. The van der Waals surface area contributed by atoms with Gasteiger partial charge in [-0.2, -0.15) is 0 Å². The van der Waals surface area contributed by atoms with Gasteiger partial charge in [0.25, 0.3) is 0 Å². The maximum atomic E-state index is 12.2. The van der Waals surface area contributed by atoms with Crippen LogP contribution in [0.4, 0.5) is 0 Å². The number of nitrogens with one attached hydrogen (secondary N) is 2. The molecule has 2 rings (SSSR count). The van der Waals surface area contributed by atoms with Gasteiger partial charge >= 0.3 is 0 Å². The fraction of sp³-hybridized carbons (Fsp3) is 0.529. The third-order valence-corrected chi connectivity index (χ3v) is 3.98. The first kappa shape index (κ1) is 15.7. The van der Waals surface area contributed by atoms with Crippen molar-refractivity contribution in [2.75, 3.05) is 13.1 Å². The van der Waals surface area contributed by atoms with Gasteiger partial charge in [0.2, 0.25) is 5.91 Å². The first-order valence-corrected chi connectivity index (χ1v) is 7.67. The lowest BCUT2D eigenvalue weighted by Crippen LogP contribution is -2.37. The van der Waals surface area contributed by atoms with E-state index < -0.39 is 0 Å². The third-order valence-electron chi connectivity index (χ3n) is 3.98. The lowest BCUT2D eigenvalue weighted by atomic mass is 9.99. The number of carbonyl (C=O) groups is 2. The molecular weight excluding hydrogens is 264 g/mol. The summed E-state index contributed by atoms with van der Waals surface area (Å²) in [6.07, 6.45) is 2.82. The van der Waals surface area contributed by atoms with Gasteiger partial charge in [0, 0.05) is 31.0 Å². The molecule has 1 amide bonds. The second-order valence-corrected chi connectivity index (χ2v) is 5.84. The van der Waals surface area contributed by atoms with E-state index in [1.165, 1.54) is 6.42 Å². The Bertz CT molecular complexity index is 520. The van der Waals surface area contributed by atoms with Gasteiger partial charge in [-0.1, -0.05) is 17.7 Å². The second kappa shape index (κ2) is 7.36. The van der Waals surface area contributed by atoms with Crippen LogP contribution in [0.25, 0.3) is 0 Å². The number of amides is 1. The molecule has 2 N–H and O–H groups in total. The molecule has 1 atom stereocenters. The van der Waals surface area contributed by atoms with Crippen LogP contribution in [0.2, 0.25) is 0 Å². The number of aryl methyl sites for hydroxylation is 2. The maximum Gasteiger partial charge on any atom is 0.220 e. The lowest BCUT2D eigenvalue weighted by Gasteiger charge is -2.11. The van der Waals surface area contributed by atoms with Gasteiger partial charge in [-0.05, 0) is 44.9 Å². The molecule has 114 valence electrons. The van der Waals surface area contributed by atoms with Crippen LogP contribution >= 0.6 is 0 Å². The number of Topliss-reactive ketones (excluding diaryl/α,β-unsaturated/α-hetero) is 1. The summed E-state index contributed by atoms with van der Waals surface area (Å²) in [6.45, 7) is 5.60. The van der Waals surface area contributed by atoms with Gasteiger partial charge in [0.1, 0.15) is 0 Å². The van der Waals surface area contributed by atoms with E-state index in [0.717, 1.165) is 29.7 Å². The number of benzene rings is 1. The summed E-state index contributed by atoms with van der Waals surface area (Å²) in [5.41, 5.74) is 2.78. The highest BCUT2D eigenvalue weighted by atomic mass is 16.2. The number of rotatable bonds is 6. The normalized spacial score (nSPS) is 17.7. The van der Waals surface area contributed by atoms with Crippen molar-refractivity contribution >= 4 is 11.7 Å². The first-order chi connectivity index (χ1) is 10.1. The molecule has 1 aliphatic rings. The van der Waals surface area contributed by atoms with Crippen LogP contribution in [0.5, 0.6) is 0 Å². The fourth-order valence-corrected chi connectivity index (χ4v) is 2.65. The number of hydrogen-bond donors (Lipinski definition) is 2. The van der Waals surface area contributed by atoms with Gasteiger partial charge in [-0.25, -0.2) is 0 Å². The SMILES string of the molecule is Cc1ccc(C)c(C(=O)CCC(=O)NCC2CCCN2)c1. The summed E-state index contributed by atoms with van der Waals surface area (Å²) in [5.74, 6) is 0.00713. The summed E-state index contributed by atoms with van der Waals surface area (Å²) >= 11 is 0. The largest absolute Gasteiger partial charge is 0.355 e. The van der Waals surface area contributed by atoms with Gasteiger partial charge in [0.05, 0.1) is 0 Å². The van der Waals surface area contributed by atoms with E-state index in [9.17, 15) is 9.59 Å². The number of hydrogen-bond acceptors (Lipinski definition) is 3. The van der Waals surface area contributed by atoms with E-state index in [0.29, 0.717) is 12.6 Å². The van der Waals surface area contributed by atoms with Crippen molar-refractivity contribution in [3.8, 4) is 0 Å². The van der Waals surface area contributed by atoms with Crippen molar-refractivity contribution in [2.24, 2.45) is 0 Å². The van der Waals surface area contributed by atoms with Crippen molar-refractivity contribution < 1.29 is 9.59 Å². The average Bonchev–Trinajstić information content (AvgIpc) is 2.98. The molecule has 4 nitrogen and oxygen atoms in total. The van der Waals surface area contributed by atoms with Crippen molar-refractivity contribution in [1.29, 1.82) is 0 Å². The zero-order chi connectivity index (χ0) is 15.2. The molecule has 1 aliphatic heterocycles. The van der Waals surface area contributed by atoms with Crippen LogP contribution in [0.15, 0.2) is 18.2 Å². The minimum Gasteiger partial charge on any atom is -0.355 e. The van der Waals surface area contributed by atoms with Crippen LogP contribution in [-0.2, 0) is 4.79 Å². The molecule has 4 heteroatoms. The Morgan fingerprint density at radius 3 is 2.81 bits per heavy atom. The maximum absolute atomic E-state index is 12.2. The van der Waals surface area contributed by atoms with E-state index in [2.05, 4.69) is 10.6 Å². The molecule has 1 aromatic carbocycles. The van der Waals surface area contributed by atoms with E-state index >= 15 is 0 Å². The highest BCUT2D eigenvalue weighted by molar-refractivity contribution is 5.99. The van der Waals surface area contributed by atoms with Crippen molar-refractivity contribution in [3.05, 3.63) is 34.9 Å². The number of ketones is 1. The molecule has 1 saturated heterocycles. The van der Waals surface area contributed by atoms with E-state index in [1.54, 1.807) is 0 Å². The summed E-state index contributed by atoms with van der Waals surface area (Å²) in [5, 5.41) is 6.24. The highest BCUT2D eigenvalue weighted by Crippen LogP contribution is 2.13. The summed E-state index contributed by atoms with van der Waals surface area (Å²) in [4.78, 5) is 24.0. The predicted octanol–water partition coefficient (Wildman–Crippen LogP) is 2.13. The third kappa shape index (κ3) is 4.67. The number of carbonyl (C=O) groups excluding carboxylic acids is 2. The molecule has 0 bridgehead atoms. The van der Waals surface area contributed by atoms with Gasteiger partial charge in [0.15, 0.2) is 5.78 Å². The minimum absolute atomic E-state index is 0.0395. The topological polar surface area (TPSA) is 58.2 Å². The van der Waals surface area contributed by atoms with E-state index in [4.69, 9.17) is 0 Å². The zero-order valence-electron chi connectivity index (χ0n) is 12.9. The Morgan fingerprint density at radius 1 is 1.29 bits per heavy atom. The van der Waals surface area contributed by atoms with E-state index in [-0.39, 0.29) is 24.5 Å². The summed E-state index contributed by atoms with van der Waals surface area (Å²) in [6, 6.07) is 6.24. The summed E-state index contributed by atoms with van der Waals surface area (Å²) < 4.78 is 0. The minimum atomic E-state index is -0.0395. The predicted molar refractivity (Wildman–Crippen MR) is 83.5 cm³/mol. The molecule has 1 heterocycles. The van der Waals surface area contributed by atoms with Crippen molar-refractivity contribution in [2.45, 2.75) is 45.6 Å². The highest BCUT2D eigenvalue weighted by Gasteiger charge is 2.16. The van der Waals surface area contributed by atoms with Crippen LogP contribution in [0.1, 0.15) is 47.2 Å². The Morgan fingerprint density at radius 2 is 2.10 bits per heavy atom. The van der Waals surface area contributed by atoms with Crippen LogP contribution in [0.3, 0.4) is 0 Å². The Hall–Kier alpha value is -1.68. The van der Waals surface area contributed by atoms with Gasteiger partial charge in [-0.3, -0.25) is 9.59 Å². The quantitative estimate of drug-likeness (QED) is 0.788. The lowest BCUT2D eigenvalue weighted by molar-refractivity contribution is -0.121. The van der Waals surface area contributed by atoms with Gasteiger partial charge in [-0.15, -0.1) is 0 Å². The molecule has 1 aromatic rings. The van der Waals surface area contributed by atoms with Crippen molar-refractivity contribution in [1.82, 2.24) is 10.6 Å². The molecule has 1 fully saturated rings. The smallest absolute Gasteiger partial charge is 0.220 e. The monoisotopic (exact) mass is 288 g/mol. The molecule has 0 aliphatic carbocycles. The zero-order valence-corrected chi connectivity index (χ0v) is 12.9. The fourth-order valence-electron chi connectivity index (χ4n) is 2.65. The molecule has 0 radical (unpaired) electrons. The van der Waals surface area contributed by atoms with E-state index in [1.807, 2.05) is 32.0 Å². The Labute approximate surface area is 126 Å². The second-order valence-electron chi connectivity index (χ2n) is 5.84. The Balaban J connectivity index is 1.77. The Kier molecular flexibility index (Phi) is 5.51. The first-order valence-electron chi connectivity index (χ1n) is 7.67. The van der Waals surface area contributed by atoms with Crippen LogP contribution in [-0.4, -0.2) is 30.8 Å². The summed E-state index contributed by atoms with van der Waals surface area (Å²) in [7, 11) is 0. The molecule has 21 heavy (non-hydrogen) atoms. The standard InChI is InChI=1S/C17H24N2O2/c1-12-5-6-13(2)15(10-12)16(20)7-8-17(21)19-11-14-4-3-9-18-14/h5-6,10,14,18H,3-4,7-9,11H2,1-2H3,(H,19,21). The molecule has 1 unspecified atom stereocenters. The molecular formula is C17H24N2O2.